The van der Waals surface area contributed by atoms with Crippen molar-refractivity contribution in [2.75, 3.05) is 17.6 Å². The van der Waals surface area contributed by atoms with Crippen molar-refractivity contribution in [2.45, 2.75) is 4.90 Å². The predicted octanol–water partition coefficient (Wildman–Crippen LogP) is 4.54. The number of hydrogen-bond acceptors (Lipinski definition) is 2. The maximum atomic E-state index is 6.08. The van der Waals surface area contributed by atoms with E-state index in [4.69, 9.17) is 11.6 Å². The molecule has 17 heavy (non-hydrogen) atoms. The molecule has 0 amide bonds. The third-order valence-corrected chi connectivity index (χ3v) is 3.82. The minimum absolute atomic E-state index is 0.831. The van der Waals surface area contributed by atoms with E-state index in [1.807, 2.05) is 36.4 Å². The third-order valence-electron chi connectivity index (χ3n) is 2.30. The van der Waals surface area contributed by atoms with Gasteiger partial charge < -0.3 is 5.32 Å². The van der Waals surface area contributed by atoms with Crippen LogP contribution in [0, 0.1) is 0 Å². The minimum Gasteiger partial charge on any atom is -0.384 e. The first kappa shape index (κ1) is 12.3. The standard InChI is InChI=1S/C14H14ClNS/c15-13-8-4-5-9-14(13)17-11-10-16-12-6-2-1-3-7-12/h1-9,16H,10-11H2. The number of anilines is 1. The fourth-order valence-electron chi connectivity index (χ4n) is 1.47. The molecule has 88 valence electrons. The summed E-state index contributed by atoms with van der Waals surface area (Å²) in [6.07, 6.45) is 0. The number of para-hydroxylation sites is 1. The molecule has 0 aromatic heterocycles. The maximum absolute atomic E-state index is 6.08. The Bertz CT molecular complexity index is 459. The molecule has 0 aliphatic heterocycles. The summed E-state index contributed by atoms with van der Waals surface area (Å²) < 4.78 is 0. The normalized spacial score (nSPS) is 10.2. The highest BCUT2D eigenvalue weighted by molar-refractivity contribution is 7.99. The van der Waals surface area contributed by atoms with Crippen LogP contribution in [0.4, 0.5) is 5.69 Å². The summed E-state index contributed by atoms with van der Waals surface area (Å²) in [6, 6.07) is 18.2. The molecule has 0 saturated heterocycles. The van der Waals surface area contributed by atoms with E-state index in [1.54, 1.807) is 11.8 Å². The van der Waals surface area contributed by atoms with Gasteiger partial charge in [-0.1, -0.05) is 41.9 Å². The molecule has 0 aliphatic carbocycles. The van der Waals surface area contributed by atoms with Crippen LogP contribution in [0.5, 0.6) is 0 Å². The van der Waals surface area contributed by atoms with Crippen molar-refractivity contribution in [2.24, 2.45) is 0 Å². The van der Waals surface area contributed by atoms with Gasteiger partial charge in [0.2, 0.25) is 0 Å². The Balaban J connectivity index is 1.76. The van der Waals surface area contributed by atoms with Crippen LogP contribution in [0.3, 0.4) is 0 Å². The Kier molecular flexibility index (Phi) is 4.77. The second kappa shape index (κ2) is 6.58. The quantitative estimate of drug-likeness (QED) is 0.628. The molecule has 2 aromatic rings. The van der Waals surface area contributed by atoms with Crippen LogP contribution < -0.4 is 5.32 Å². The van der Waals surface area contributed by atoms with Gasteiger partial charge >= 0.3 is 0 Å². The van der Waals surface area contributed by atoms with Crippen LogP contribution in [0.15, 0.2) is 59.5 Å². The molecule has 0 bridgehead atoms. The molecule has 0 atom stereocenters. The molecule has 0 aliphatic rings. The Morgan fingerprint density at radius 1 is 0.941 bits per heavy atom. The van der Waals surface area contributed by atoms with Gasteiger partial charge in [-0.3, -0.25) is 0 Å². The number of benzene rings is 2. The summed E-state index contributed by atoms with van der Waals surface area (Å²) in [7, 11) is 0. The van der Waals surface area contributed by atoms with Crippen LogP contribution in [0.1, 0.15) is 0 Å². The summed E-state index contributed by atoms with van der Waals surface area (Å²) in [5.41, 5.74) is 1.16. The van der Waals surface area contributed by atoms with E-state index in [-0.39, 0.29) is 0 Å². The van der Waals surface area contributed by atoms with Gasteiger partial charge in [0.05, 0.1) is 5.02 Å². The van der Waals surface area contributed by atoms with Crippen molar-refractivity contribution in [3.8, 4) is 0 Å². The summed E-state index contributed by atoms with van der Waals surface area (Å²) in [4.78, 5) is 1.14. The molecule has 0 heterocycles. The lowest BCUT2D eigenvalue weighted by atomic mass is 10.3. The number of nitrogens with one attached hydrogen (secondary N) is 1. The average Bonchev–Trinajstić information content (AvgIpc) is 2.38. The lowest BCUT2D eigenvalue weighted by Gasteiger charge is -2.06. The van der Waals surface area contributed by atoms with Crippen molar-refractivity contribution in [1.29, 1.82) is 0 Å². The molecule has 0 fully saturated rings. The topological polar surface area (TPSA) is 12.0 Å². The lowest BCUT2D eigenvalue weighted by molar-refractivity contribution is 1.22. The van der Waals surface area contributed by atoms with E-state index >= 15 is 0 Å². The average molecular weight is 264 g/mol. The zero-order valence-electron chi connectivity index (χ0n) is 9.40. The van der Waals surface area contributed by atoms with Crippen molar-refractivity contribution in [3.63, 3.8) is 0 Å². The van der Waals surface area contributed by atoms with Gasteiger partial charge in [-0.2, -0.15) is 0 Å². The van der Waals surface area contributed by atoms with Gasteiger partial charge in [-0.25, -0.2) is 0 Å². The molecular formula is C14H14ClNS. The highest BCUT2D eigenvalue weighted by Gasteiger charge is 1.98. The van der Waals surface area contributed by atoms with E-state index < -0.39 is 0 Å². The maximum Gasteiger partial charge on any atom is 0.0541 e. The molecular weight excluding hydrogens is 250 g/mol. The first-order valence-electron chi connectivity index (χ1n) is 5.52. The second-order valence-corrected chi connectivity index (χ2v) is 5.12. The van der Waals surface area contributed by atoms with Gasteiger partial charge in [0, 0.05) is 22.9 Å². The van der Waals surface area contributed by atoms with Gasteiger partial charge in [0.15, 0.2) is 0 Å². The lowest BCUT2D eigenvalue weighted by Crippen LogP contribution is -2.03. The molecule has 0 radical (unpaired) electrons. The Labute approximate surface area is 111 Å². The third kappa shape index (κ3) is 3.99. The number of rotatable bonds is 5. The SMILES string of the molecule is Clc1ccccc1SCCNc1ccccc1. The Morgan fingerprint density at radius 2 is 1.65 bits per heavy atom. The van der Waals surface area contributed by atoms with Crippen LogP contribution in [0.2, 0.25) is 5.02 Å². The first-order chi connectivity index (χ1) is 8.36. The van der Waals surface area contributed by atoms with Gasteiger partial charge in [-0.05, 0) is 24.3 Å². The summed E-state index contributed by atoms with van der Waals surface area (Å²) in [5.74, 6) is 0.999. The fourth-order valence-corrected chi connectivity index (χ4v) is 2.58. The molecule has 2 aromatic carbocycles. The largest absolute Gasteiger partial charge is 0.384 e. The van der Waals surface area contributed by atoms with Crippen LogP contribution >= 0.6 is 23.4 Å². The molecule has 1 N–H and O–H groups in total. The van der Waals surface area contributed by atoms with Crippen LogP contribution in [0.25, 0.3) is 0 Å². The van der Waals surface area contributed by atoms with E-state index in [2.05, 4.69) is 23.5 Å². The summed E-state index contributed by atoms with van der Waals surface area (Å²) >= 11 is 7.85. The zero-order chi connectivity index (χ0) is 11.9. The molecule has 1 nitrogen and oxygen atoms in total. The Morgan fingerprint density at radius 3 is 2.41 bits per heavy atom. The van der Waals surface area contributed by atoms with Crippen molar-refractivity contribution in [1.82, 2.24) is 0 Å². The molecule has 0 saturated carbocycles. The van der Waals surface area contributed by atoms with E-state index in [1.165, 1.54) is 0 Å². The van der Waals surface area contributed by atoms with Gasteiger partial charge in [-0.15, -0.1) is 11.8 Å². The van der Waals surface area contributed by atoms with Crippen molar-refractivity contribution < 1.29 is 0 Å². The number of hydrogen-bond donors (Lipinski definition) is 1. The molecule has 3 heteroatoms. The van der Waals surface area contributed by atoms with Crippen LogP contribution in [-0.2, 0) is 0 Å². The smallest absolute Gasteiger partial charge is 0.0541 e. The van der Waals surface area contributed by atoms with Crippen LogP contribution in [-0.4, -0.2) is 12.3 Å². The molecule has 0 spiro atoms. The highest BCUT2D eigenvalue weighted by Crippen LogP contribution is 2.26. The number of thioether (sulfide) groups is 1. The Hall–Kier alpha value is -1.12. The van der Waals surface area contributed by atoms with E-state index in [0.29, 0.717) is 0 Å². The minimum atomic E-state index is 0.831. The van der Waals surface area contributed by atoms with Crippen molar-refractivity contribution >= 4 is 29.1 Å². The zero-order valence-corrected chi connectivity index (χ0v) is 11.0. The molecule has 2 rings (SSSR count). The highest BCUT2D eigenvalue weighted by atomic mass is 35.5. The monoisotopic (exact) mass is 263 g/mol. The molecule has 0 unspecified atom stereocenters. The summed E-state index contributed by atoms with van der Waals surface area (Å²) in [5, 5.41) is 4.20. The second-order valence-electron chi connectivity index (χ2n) is 3.57. The fraction of sp³-hybridized carbons (Fsp3) is 0.143. The predicted molar refractivity (Wildman–Crippen MR) is 77.1 cm³/mol. The number of halogens is 1. The summed E-state index contributed by atoms with van der Waals surface area (Å²) in [6.45, 7) is 0.930. The van der Waals surface area contributed by atoms with E-state index in [0.717, 1.165) is 27.9 Å². The van der Waals surface area contributed by atoms with E-state index in [9.17, 15) is 0 Å². The van der Waals surface area contributed by atoms with Crippen molar-refractivity contribution in [3.05, 3.63) is 59.6 Å². The van der Waals surface area contributed by atoms with Gasteiger partial charge in [0.25, 0.3) is 0 Å². The van der Waals surface area contributed by atoms with Gasteiger partial charge in [0.1, 0.15) is 0 Å². The first-order valence-corrected chi connectivity index (χ1v) is 6.89.